The second kappa shape index (κ2) is 7.54. The van der Waals surface area contributed by atoms with E-state index in [-0.39, 0.29) is 0 Å². The zero-order valence-electron chi connectivity index (χ0n) is 10.7. The largest absolute Gasteiger partial charge is 0.493 e. The smallest absolute Gasteiger partial charge is 0.122 e. The van der Waals surface area contributed by atoms with Gasteiger partial charge in [-0.3, -0.25) is 0 Å². The average molecular weight is 297 g/mol. The molecule has 0 aliphatic carbocycles. The van der Waals surface area contributed by atoms with Crippen LogP contribution in [0.15, 0.2) is 35.3 Å². The van der Waals surface area contributed by atoms with E-state index in [1.807, 2.05) is 12.1 Å². The minimum absolute atomic E-state index is 0.497. The number of ether oxygens (including phenoxy) is 1. The molecule has 0 spiro atoms. The van der Waals surface area contributed by atoms with Gasteiger partial charge in [-0.1, -0.05) is 35.9 Å². The normalized spacial score (nSPS) is 12.2. The van der Waals surface area contributed by atoms with E-state index in [4.69, 9.17) is 4.74 Å². The monoisotopic (exact) mass is 296 g/mol. The summed E-state index contributed by atoms with van der Waals surface area (Å²) in [7, 11) is 0. The third-order valence-electron chi connectivity index (χ3n) is 2.82. The Balaban J connectivity index is 2.99. The Hall–Kier alpha value is -0.760. The molecule has 17 heavy (non-hydrogen) atoms. The number of hydrogen-bond donors (Lipinski definition) is 0. The van der Waals surface area contributed by atoms with Crippen molar-refractivity contribution in [2.45, 2.75) is 39.0 Å². The van der Waals surface area contributed by atoms with E-state index >= 15 is 0 Å². The predicted molar refractivity (Wildman–Crippen MR) is 77.8 cm³/mol. The van der Waals surface area contributed by atoms with Gasteiger partial charge in [-0.15, -0.1) is 6.58 Å². The highest BCUT2D eigenvalue weighted by atomic mass is 79.9. The molecule has 0 aliphatic rings. The summed E-state index contributed by atoms with van der Waals surface area (Å²) in [6.45, 7) is 8.94. The summed E-state index contributed by atoms with van der Waals surface area (Å²) in [6.07, 6.45) is 5.12. The van der Waals surface area contributed by atoms with Crippen molar-refractivity contribution in [2.24, 2.45) is 0 Å². The molecule has 1 atom stereocenters. The summed E-state index contributed by atoms with van der Waals surface area (Å²) >= 11 is 3.53. The fourth-order valence-electron chi connectivity index (χ4n) is 1.90. The molecule has 0 aliphatic heterocycles. The average Bonchev–Trinajstić information content (AvgIpc) is 2.34. The van der Waals surface area contributed by atoms with E-state index in [1.54, 1.807) is 0 Å². The molecule has 94 valence electrons. The maximum atomic E-state index is 5.82. The lowest BCUT2D eigenvalue weighted by atomic mass is 9.92. The molecule has 0 saturated carbocycles. The first-order chi connectivity index (χ1) is 8.22. The molecule has 1 nitrogen and oxygen atoms in total. The van der Waals surface area contributed by atoms with Gasteiger partial charge in [-0.25, -0.2) is 0 Å². The Morgan fingerprint density at radius 1 is 1.41 bits per heavy atom. The van der Waals surface area contributed by atoms with Crippen LogP contribution >= 0.6 is 15.9 Å². The summed E-state index contributed by atoms with van der Waals surface area (Å²) < 4.78 is 6.93. The van der Waals surface area contributed by atoms with Gasteiger partial charge in [0.15, 0.2) is 0 Å². The van der Waals surface area contributed by atoms with Crippen molar-refractivity contribution in [1.29, 1.82) is 0 Å². The Morgan fingerprint density at radius 2 is 2.18 bits per heavy atom. The van der Waals surface area contributed by atoms with Crippen molar-refractivity contribution in [3.63, 3.8) is 0 Å². The third kappa shape index (κ3) is 4.19. The fourth-order valence-corrected chi connectivity index (χ4v) is 2.28. The summed E-state index contributed by atoms with van der Waals surface area (Å²) in [4.78, 5) is 0. The molecule has 1 aromatic rings. The first-order valence-corrected chi connectivity index (χ1v) is 7.05. The molecule has 0 fully saturated rings. The van der Waals surface area contributed by atoms with Gasteiger partial charge < -0.3 is 4.74 Å². The van der Waals surface area contributed by atoms with Crippen LogP contribution in [0.25, 0.3) is 0 Å². The molecule has 0 saturated heterocycles. The van der Waals surface area contributed by atoms with Crippen LogP contribution in [0.2, 0.25) is 0 Å². The number of halogens is 1. The lowest BCUT2D eigenvalue weighted by Crippen LogP contribution is -2.03. The third-order valence-corrected chi connectivity index (χ3v) is 3.31. The van der Waals surface area contributed by atoms with Gasteiger partial charge in [0.1, 0.15) is 5.75 Å². The van der Waals surface area contributed by atoms with E-state index < -0.39 is 0 Å². The number of allylic oxidation sites excluding steroid dienone is 1. The lowest BCUT2D eigenvalue weighted by molar-refractivity contribution is 0.311. The summed E-state index contributed by atoms with van der Waals surface area (Å²) in [5.41, 5.74) is 1.29. The Morgan fingerprint density at radius 3 is 2.76 bits per heavy atom. The molecule has 1 aromatic carbocycles. The summed E-state index contributed by atoms with van der Waals surface area (Å²) in [5, 5.41) is 0. The van der Waals surface area contributed by atoms with Gasteiger partial charge in [0.25, 0.3) is 0 Å². The summed E-state index contributed by atoms with van der Waals surface area (Å²) in [6, 6.07) is 6.26. The van der Waals surface area contributed by atoms with Crippen molar-refractivity contribution in [1.82, 2.24) is 0 Å². The van der Waals surface area contributed by atoms with Crippen LogP contribution in [-0.4, -0.2) is 6.61 Å². The molecule has 0 aromatic heterocycles. The topological polar surface area (TPSA) is 9.23 Å². The molecule has 1 unspecified atom stereocenters. The van der Waals surface area contributed by atoms with Crippen LogP contribution in [0.3, 0.4) is 0 Å². The van der Waals surface area contributed by atoms with Crippen LogP contribution in [0, 0.1) is 0 Å². The maximum absolute atomic E-state index is 5.82. The van der Waals surface area contributed by atoms with Crippen LogP contribution in [-0.2, 0) is 0 Å². The minimum Gasteiger partial charge on any atom is -0.493 e. The van der Waals surface area contributed by atoms with Crippen molar-refractivity contribution in [3.05, 3.63) is 40.9 Å². The van der Waals surface area contributed by atoms with Crippen LogP contribution in [0.5, 0.6) is 5.75 Å². The molecular formula is C15H21BrO. The second-order valence-corrected chi connectivity index (χ2v) is 5.08. The van der Waals surface area contributed by atoms with Crippen molar-refractivity contribution < 1.29 is 4.74 Å². The number of benzene rings is 1. The molecule has 0 amide bonds. The van der Waals surface area contributed by atoms with Crippen LogP contribution in [0.4, 0.5) is 0 Å². The molecular weight excluding hydrogens is 276 g/mol. The SMILES string of the molecule is C=CCC(CC)c1cc(Br)ccc1OCCC. The Bertz CT molecular complexity index is 360. The zero-order valence-corrected chi connectivity index (χ0v) is 12.3. The highest BCUT2D eigenvalue weighted by molar-refractivity contribution is 9.10. The van der Waals surface area contributed by atoms with E-state index in [1.165, 1.54) is 5.56 Å². The minimum atomic E-state index is 0.497. The molecule has 1 rings (SSSR count). The Labute approximate surface area is 113 Å². The van der Waals surface area contributed by atoms with Gasteiger partial charge in [0.05, 0.1) is 6.61 Å². The van der Waals surface area contributed by atoms with Gasteiger partial charge in [-0.05, 0) is 48.9 Å². The molecule has 0 radical (unpaired) electrons. The first-order valence-electron chi connectivity index (χ1n) is 6.26. The Kier molecular flexibility index (Phi) is 6.35. The van der Waals surface area contributed by atoms with Gasteiger partial charge in [-0.2, -0.15) is 0 Å². The first kappa shape index (κ1) is 14.3. The molecule has 0 heterocycles. The molecule has 0 N–H and O–H groups in total. The molecule has 2 heteroatoms. The van der Waals surface area contributed by atoms with Gasteiger partial charge in [0.2, 0.25) is 0 Å². The van der Waals surface area contributed by atoms with Crippen molar-refractivity contribution in [2.75, 3.05) is 6.61 Å². The van der Waals surface area contributed by atoms with Gasteiger partial charge in [0, 0.05) is 4.47 Å². The van der Waals surface area contributed by atoms with Crippen LogP contribution in [0.1, 0.15) is 44.6 Å². The van der Waals surface area contributed by atoms with E-state index in [0.29, 0.717) is 5.92 Å². The quantitative estimate of drug-likeness (QED) is 0.620. The van der Waals surface area contributed by atoms with Crippen molar-refractivity contribution >= 4 is 15.9 Å². The second-order valence-electron chi connectivity index (χ2n) is 4.16. The number of rotatable bonds is 7. The predicted octanol–water partition coefficient (Wildman–Crippen LogP) is 5.31. The van der Waals surface area contributed by atoms with E-state index in [2.05, 4.69) is 48.5 Å². The summed E-state index contributed by atoms with van der Waals surface area (Å²) in [5.74, 6) is 1.51. The fraction of sp³-hybridized carbons (Fsp3) is 0.467. The van der Waals surface area contributed by atoms with E-state index in [9.17, 15) is 0 Å². The highest BCUT2D eigenvalue weighted by Gasteiger charge is 2.14. The maximum Gasteiger partial charge on any atom is 0.122 e. The van der Waals surface area contributed by atoms with Crippen LogP contribution < -0.4 is 4.74 Å². The van der Waals surface area contributed by atoms with Crippen molar-refractivity contribution in [3.8, 4) is 5.75 Å². The standard InChI is InChI=1S/C15H21BrO/c1-4-7-12(6-3)14-11-13(16)8-9-15(14)17-10-5-2/h4,8-9,11-12H,1,5-7,10H2,2-3H3. The lowest BCUT2D eigenvalue weighted by Gasteiger charge is -2.18. The highest BCUT2D eigenvalue weighted by Crippen LogP contribution is 2.34. The van der Waals surface area contributed by atoms with Gasteiger partial charge >= 0.3 is 0 Å². The zero-order chi connectivity index (χ0) is 12.7. The molecule has 0 bridgehead atoms. The van der Waals surface area contributed by atoms with E-state index in [0.717, 1.165) is 36.1 Å². The number of hydrogen-bond acceptors (Lipinski definition) is 1.